The molecule has 0 atom stereocenters. The first-order chi connectivity index (χ1) is 12.2. The molecule has 0 spiro atoms. The van der Waals surface area contributed by atoms with Crippen molar-refractivity contribution in [2.45, 2.75) is 12.8 Å². The molecule has 0 fully saturated rings. The van der Waals surface area contributed by atoms with Crippen molar-refractivity contribution >= 4 is 28.2 Å². The van der Waals surface area contributed by atoms with Crippen molar-refractivity contribution in [1.29, 1.82) is 0 Å². The van der Waals surface area contributed by atoms with Crippen LogP contribution >= 0.6 is 0 Å². The van der Waals surface area contributed by atoms with Crippen molar-refractivity contribution in [3.05, 3.63) is 59.9 Å². The maximum atomic E-state index is 14.0. The molecule has 0 N–H and O–H groups in total. The molecule has 0 unspecified atom stereocenters. The highest BCUT2D eigenvalue weighted by Crippen LogP contribution is 2.36. The average Bonchev–Trinajstić information content (AvgIpc) is 3.11. The summed E-state index contributed by atoms with van der Waals surface area (Å²) in [7, 11) is 0. The lowest BCUT2D eigenvalue weighted by Gasteiger charge is -2.31. The smallest absolute Gasteiger partial charge is 0.257 e. The summed E-state index contributed by atoms with van der Waals surface area (Å²) in [5.74, 6) is -0.870. The first-order valence-electron chi connectivity index (χ1n) is 8.06. The molecular formula is C18H13F2N5. The number of anilines is 2. The highest BCUT2D eigenvalue weighted by atomic mass is 19.2. The Bertz CT molecular complexity index is 1120. The number of fused-ring (bicyclic) bond motifs is 4. The van der Waals surface area contributed by atoms with Gasteiger partial charge in [-0.25, -0.2) is 8.78 Å². The second-order valence-electron chi connectivity index (χ2n) is 6.10. The first kappa shape index (κ1) is 14.3. The van der Waals surface area contributed by atoms with Crippen LogP contribution in [-0.4, -0.2) is 26.1 Å². The topological polar surface area (TPSA) is 46.3 Å². The maximum absolute atomic E-state index is 14.0. The second-order valence-corrected chi connectivity index (χ2v) is 6.10. The van der Waals surface area contributed by atoms with Gasteiger partial charge in [0.1, 0.15) is 12.1 Å². The van der Waals surface area contributed by atoms with Gasteiger partial charge < -0.3 is 4.90 Å². The van der Waals surface area contributed by atoms with Crippen LogP contribution in [0.25, 0.3) is 16.7 Å². The van der Waals surface area contributed by atoms with E-state index in [2.05, 4.69) is 21.2 Å². The maximum Gasteiger partial charge on any atom is 0.257 e. The van der Waals surface area contributed by atoms with Crippen molar-refractivity contribution in [1.82, 2.24) is 19.6 Å². The third-order valence-corrected chi connectivity index (χ3v) is 4.64. The van der Waals surface area contributed by atoms with Crippen molar-refractivity contribution in [2.75, 3.05) is 11.4 Å². The van der Waals surface area contributed by atoms with Crippen LogP contribution in [0.4, 0.5) is 20.3 Å². The zero-order chi connectivity index (χ0) is 17.0. The van der Waals surface area contributed by atoms with Gasteiger partial charge in [0, 0.05) is 23.7 Å². The SMILES string of the molecule is Fc1cc2c(N3CCCc4ccccc43)nc3nncn3c2cc1F. The van der Waals surface area contributed by atoms with Crippen molar-refractivity contribution in [3.63, 3.8) is 0 Å². The predicted molar refractivity (Wildman–Crippen MR) is 90.0 cm³/mol. The van der Waals surface area contributed by atoms with Gasteiger partial charge in [-0.2, -0.15) is 4.98 Å². The lowest BCUT2D eigenvalue weighted by atomic mass is 10.0. The summed E-state index contributed by atoms with van der Waals surface area (Å²) in [6, 6.07) is 10.4. The Balaban J connectivity index is 1.85. The highest BCUT2D eigenvalue weighted by Gasteiger charge is 2.23. The monoisotopic (exact) mass is 337 g/mol. The first-order valence-corrected chi connectivity index (χ1v) is 8.06. The van der Waals surface area contributed by atoms with E-state index in [0.717, 1.165) is 25.1 Å². The van der Waals surface area contributed by atoms with E-state index in [1.807, 2.05) is 23.1 Å². The van der Waals surface area contributed by atoms with Crippen LogP contribution in [0, 0.1) is 11.6 Å². The Morgan fingerprint density at radius 2 is 1.88 bits per heavy atom. The number of nitrogens with zero attached hydrogens (tertiary/aromatic N) is 5. The number of aromatic nitrogens is 4. The summed E-state index contributed by atoms with van der Waals surface area (Å²) >= 11 is 0. The summed E-state index contributed by atoms with van der Waals surface area (Å²) in [6.45, 7) is 0.752. The lowest BCUT2D eigenvalue weighted by molar-refractivity contribution is 0.510. The van der Waals surface area contributed by atoms with Crippen LogP contribution in [0.3, 0.4) is 0 Å². The van der Waals surface area contributed by atoms with Gasteiger partial charge in [0.15, 0.2) is 11.6 Å². The molecule has 3 heterocycles. The van der Waals surface area contributed by atoms with Gasteiger partial charge in [-0.1, -0.05) is 18.2 Å². The minimum absolute atomic E-state index is 0.358. The number of benzene rings is 2. The largest absolute Gasteiger partial charge is 0.325 e. The van der Waals surface area contributed by atoms with E-state index in [1.54, 1.807) is 4.40 Å². The van der Waals surface area contributed by atoms with Crippen LogP contribution in [0.15, 0.2) is 42.7 Å². The lowest BCUT2D eigenvalue weighted by Crippen LogP contribution is -2.25. The van der Waals surface area contributed by atoms with Crippen LogP contribution < -0.4 is 4.90 Å². The Kier molecular flexibility index (Phi) is 2.97. The average molecular weight is 337 g/mol. The normalized spacial score (nSPS) is 14.2. The zero-order valence-corrected chi connectivity index (χ0v) is 13.2. The van der Waals surface area contributed by atoms with Gasteiger partial charge in [0.25, 0.3) is 5.78 Å². The molecule has 0 saturated carbocycles. The van der Waals surface area contributed by atoms with Crippen LogP contribution in [0.5, 0.6) is 0 Å². The van der Waals surface area contributed by atoms with Gasteiger partial charge >= 0.3 is 0 Å². The standard InChI is InChI=1S/C18H13F2N5/c19-13-8-12-16(9-14(13)20)25-10-21-23-18(25)22-17(12)24-7-3-5-11-4-1-2-6-15(11)24/h1-2,4,6,8-10H,3,5,7H2. The predicted octanol–water partition coefficient (Wildman–Crippen LogP) is 3.64. The number of hydrogen-bond acceptors (Lipinski definition) is 4. The van der Waals surface area contributed by atoms with Crippen molar-refractivity contribution < 1.29 is 8.78 Å². The molecule has 2 aromatic carbocycles. The molecule has 4 aromatic rings. The number of para-hydroxylation sites is 1. The van der Waals surface area contributed by atoms with E-state index in [0.29, 0.717) is 22.5 Å². The molecule has 1 aliphatic heterocycles. The summed E-state index contributed by atoms with van der Waals surface area (Å²) < 4.78 is 29.4. The van der Waals surface area contributed by atoms with Gasteiger partial charge in [-0.3, -0.25) is 4.40 Å². The molecule has 5 nitrogen and oxygen atoms in total. The Morgan fingerprint density at radius 1 is 1.04 bits per heavy atom. The van der Waals surface area contributed by atoms with Gasteiger partial charge in [-0.15, -0.1) is 10.2 Å². The molecular weight excluding hydrogens is 324 g/mol. The van der Waals surface area contributed by atoms with Crippen molar-refractivity contribution in [2.24, 2.45) is 0 Å². The van der Waals surface area contributed by atoms with Crippen LogP contribution in [0.1, 0.15) is 12.0 Å². The van der Waals surface area contributed by atoms with E-state index in [9.17, 15) is 8.78 Å². The fraction of sp³-hybridized carbons (Fsp3) is 0.167. The van der Waals surface area contributed by atoms with Gasteiger partial charge in [0.05, 0.1) is 5.52 Å². The Labute approximate surface area is 141 Å². The molecule has 0 radical (unpaired) electrons. The molecule has 0 saturated heterocycles. The van der Waals surface area contributed by atoms with E-state index in [-0.39, 0.29) is 0 Å². The minimum atomic E-state index is -0.904. The van der Waals surface area contributed by atoms with Gasteiger partial charge in [-0.05, 0) is 30.5 Å². The molecule has 0 aliphatic carbocycles. The second kappa shape index (κ2) is 5.20. The Morgan fingerprint density at radius 3 is 2.80 bits per heavy atom. The van der Waals surface area contributed by atoms with Crippen LogP contribution in [0.2, 0.25) is 0 Å². The Hall–Kier alpha value is -3.09. The third-order valence-electron chi connectivity index (χ3n) is 4.64. The zero-order valence-electron chi connectivity index (χ0n) is 13.2. The van der Waals surface area contributed by atoms with Gasteiger partial charge in [0.2, 0.25) is 0 Å². The fourth-order valence-electron chi connectivity index (χ4n) is 3.50. The number of halogens is 2. The summed E-state index contributed by atoms with van der Waals surface area (Å²) in [4.78, 5) is 6.63. The quantitative estimate of drug-likeness (QED) is 0.532. The summed E-state index contributed by atoms with van der Waals surface area (Å²) in [6.07, 6.45) is 3.40. The minimum Gasteiger partial charge on any atom is -0.325 e. The molecule has 2 aromatic heterocycles. The van der Waals surface area contributed by atoms with E-state index < -0.39 is 11.6 Å². The molecule has 7 heteroatoms. The fourth-order valence-corrected chi connectivity index (χ4v) is 3.50. The van der Waals surface area contributed by atoms with E-state index in [1.165, 1.54) is 24.0 Å². The number of aryl methyl sites for hydroxylation is 1. The summed E-state index contributed by atoms with van der Waals surface area (Å²) in [5, 5.41) is 8.37. The number of rotatable bonds is 1. The molecule has 25 heavy (non-hydrogen) atoms. The number of hydrogen-bond donors (Lipinski definition) is 0. The molecule has 0 amide bonds. The van der Waals surface area contributed by atoms with Crippen LogP contribution in [-0.2, 0) is 6.42 Å². The van der Waals surface area contributed by atoms with E-state index in [4.69, 9.17) is 0 Å². The molecule has 1 aliphatic rings. The highest BCUT2D eigenvalue weighted by molar-refractivity contribution is 5.94. The molecule has 0 bridgehead atoms. The molecule has 124 valence electrons. The summed E-state index contributed by atoms with van der Waals surface area (Å²) in [5.41, 5.74) is 2.75. The third kappa shape index (κ3) is 2.08. The van der Waals surface area contributed by atoms with Crippen molar-refractivity contribution in [3.8, 4) is 0 Å². The molecule has 5 rings (SSSR count). The van der Waals surface area contributed by atoms with E-state index >= 15 is 0 Å².